The smallest absolute Gasteiger partial charge is 0.0729 e. The summed E-state index contributed by atoms with van der Waals surface area (Å²) in [7, 11) is 0. The molecule has 2 rings (SSSR count). The molecular formula is C13H18ClNO. The topological polar surface area (TPSA) is 35.2 Å². The van der Waals surface area contributed by atoms with E-state index in [2.05, 4.69) is 0 Å². The molecule has 1 fully saturated rings. The number of hydrogen-bond donors (Lipinski definition) is 1. The lowest BCUT2D eigenvalue weighted by molar-refractivity contribution is 0.000640. The number of halogens is 1. The summed E-state index contributed by atoms with van der Waals surface area (Å²) in [5, 5.41) is 0.800. The summed E-state index contributed by atoms with van der Waals surface area (Å²) in [6.07, 6.45) is 4.46. The zero-order valence-electron chi connectivity index (χ0n) is 9.36. The van der Waals surface area contributed by atoms with Gasteiger partial charge in [0.05, 0.1) is 6.10 Å². The summed E-state index contributed by atoms with van der Waals surface area (Å²) >= 11 is 6.11. The summed E-state index contributed by atoms with van der Waals surface area (Å²) < 4.78 is 5.68. The van der Waals surface area contributed by atoms with Crippen LogP contribution in [0, 0.1) is 0 Å². The van der Waals surface area contributed by atoms with Crippen molar-refractivity contribution in [2.75, 3.05) is 6.61 Å². The molecule has 2 nitrogen and oxygen atoms in total. The Morgan fingerprint density at radius 2 is 2.19 bits per heavy atom. The molecule has 16 heavy (non-hydrogen) atoms. The van der Waals surface area contributed by atoms with E-state index >= 15 is 0 Å². The van der Waals surface area contributed by atoms with Crippen LogP contribution in [0.5, 0.6) is 0 Å². The largest absolute Gasteiger partial charge is 0.377 e. The summed E-state index contributed by atoms with van der Waals surface area (Å²) in [6.45, 7) is 0.848. The van der Waals surface area contributed by atoms with Crippen LogP contribution in [0.25, 0.3) is 0 Å². The molecule has 2 N–H and O–H groups in total. The SMILES string of the molecule is NC(Cc1ccccc1Cl)C1CCCCO1. The van der Waals surface area contributed by atoms with Crippen LogP contribution in [0.2, 0.25) is 5.02 Å². The van der Waals surface area contributed by atoms with E-state index in [0.717, 1.165) is 36.5 Å². The Morgan fingerprint density at radius 1 is 1.38 bits per heavy atom. The van der Waals surface area contributed by atoms with Gasteiger partial charge in [0.25, 0.3) is 0 Å². The molecule has 1 aliphatic rings. The van der Waals surface area contributed by atoms with Crippen LogP contribution < -0.4 is 5.73 Å². The monoisotopic (exact) mass is 239 g/mol. The fraction of sp³-hybridized carbons (Fsp3) is 0.538. The summed E-state index contributed by atoms with van der Waals surface area (Å²) in [5.41, 5.74) is 7.28. The van der Waals surface area contributed by atoms with Crippen LogP contribution >= 0.6 is 11.6 Å². The van der Waals surface area contributed by atoms with Gasteiger partial charge in [0.15, 0.2) is 0 Å². The van der Waals surface area contributed by atoms with Gasteiger partial charge >= 0.3 is 0 Å². The second-order valence-corrected chi connectivity index (χ2v) is 4.77. The maximum Gasteiger partial charge on any atom is 0.0729 e. The average molecular weight is 240 g/mol. The number of ether oxygens (including phenoxy) is 1. The minimum absolute atomic E-state index is 0.0557. The zero-order valence-corrected chi connectivity index (χ0v) is 10.1. The van der Waals surface area contributed by atoms with Crippen LogP contribution in [-0.4, -0.2) is 18.8 Å². The number of nitrogens with two attached hydrogens (primary N) is 1. The minimum atomic E-state index is 0.0557. The first-order valence-electron chi connectivity index (χ1n) is 5.88. The lowest BCUT2D eigenvalue weighted by Gasteiger charge is -2.28. The number of hydrogen-bond acceptors (Lipinski definition) is 2. The zero-order chi connectivity index (χ0) is 11.4. The van der Waals surface area contributed by atoms with Gasteiger partial charge in [0.1, 0.15) is 0 Å². The highest BCUT2D eigenvalue weighted by Gasteiger charge is 2.21. The summed E-state index contributed by atoms with van der Waals surface area (Å²) in [5.74, 6) is 0. The summed E-state index contributed by atoms with van der Waals surface area (Å²) in [4.78, 5) is 0. The molecule has 3 heteroatoms. The molecule has 0 radical (unpaired) electrons. The predicted molar refractivity (Wildman–Crippen MR) is 66.7 cm³/mol. The van der Waals surface area contributed by atoms with Crippen molar-refractivity contribution < 1.29 is 4.74 Å². The molecule has 1 aliphatic heterocycles. The first-order valence-corrected chi connectivity index (χ1v) is 6.26. The maximum absolute atomic E-state index is 6.17. The van der Waals surface area contributed by atoms with Crippen LogP contribution in [-0.2, 0) is 11.2 Å². The van der Waals surface area contributed by atoms with Crippen LogP contribution in [0.4, 0.5) is 0 Å². The Hall–Kier alpha value is -0.570. The van der Waals surface area contributed by atoms with Crippen molar-refractivity contribution in [2.45, 2.75) is 37.8 Å². The number of benzene rings is 1. The fourth-order valence-corrected chi connectivity index (χ4v) is 2.37. The van der Waals surface area contributed by atoms with Crippen molar-refractivity contribution in [3.63, 3.8) is 0 Å². The third-order valence-electron chi connectivity index (χ3n) is 3.11. The molecule has 0 bridgehead atoms. The molecule has 1 aromatic rings. The summed E-state index contributed by atoms with van der Waals surface area (Å²) in [6, 6.07) is 7.93. The highest BCUT2D eigenvalue weighted by atomic mass is 35.5. The van der Waals surface area contributed by atoms with Gasteiger partial charge in [-0.2, -0.15) is 0 Å². The van der Waals surface area contributed by atoms with Gasteiger partial charge in [0, 0.05) is 17.7 Å². The Kier molecular flexibility index (Phi) is 4.22. The van der Waals surface area contributed by atoms with E-state index in [4.69, 9.17) is 22.1 Å². The first kappa shape index (κ1) is 11.9. The number of rotatable bonds is 3. The van der Waals surface area contributed by atoms with Crippen LogP contribution in [0.3, 0.4) is 0 Å². The van der Waals surface area contributed by atoms with Crippen molar-refractivity contribution in [2.24, 2.45) is 5.73 Å². The average Bonchev–Trinajstić information content (AvgIpc) is 2.33. The second-order valence-electron chi connectivity index (χ2n) is 4.36. The molecule has 1 saturated heterocycles. The van der Waals surface area contributed by atoms with Crippen LogP contribution in [0.15, 0.2) is 24.3 Å². The van der Waals surface area contributed by atoms with E-state index < -0.39 is 0 Å². The predicted octanol–water partition coefficient (Wildman–Crippen LogP) is 2.78. The molecule has 0 spiro atoms. The molecular weight excluding hydrogens is 222 g/mol. The third-order valence-corrected chi connectivity index (χ3v) is 3.47. The molecule has 0 amide bonds. The Morgan fingerprint density at radius 3 is 2.88 bits per heavy atom. The van der Waals surface area contributed by atoms with E-state index in [-0.39, 0.29) is 12.1 Å². The van der Waals surface area contributed by atoms with Gasteiger partial charge in [-0.25, -0.2) is 0 Å². The van der Waals surface area contributed by atoms with E-state index in [1.165, 1.54) is 6.42 Å². The molecule has 0 saturated carbocycles. The Balaban J connectivity index is 1.96. The second kappa shape index (κ2) is 5.67. The lowest BCUT2D eigenvalue weighted by Crippen LogP contribution is -2.40. The molecule has 2 unspecified atom stereocenters. The Labute approximate surface area is 102 Å². The van der Waals surface area contributed by atoms with Gasteiger partial charge in [-0.15, -0.1) is 0 Å². The molecule has 1 heterocycles. The van der Waals surface area contributed by atoms with Gasteiger partial charge < -0.3 is 10.5 Å². The van der Waals surface area contributed by atoms with Gasteiger partial charge in [0.2, 0.25) is 0 Å². The van der Waals surface area contributed by atoms with E-state index in [1.54, 1.807) is 0 Å². The molecule has 0 aliphatic carbocycles. The van der Waals surface area contributed by atoms with Gasteiger partial charge in [-0.3, -0.25) is 0 Å². The minimum Gasteiger partial charge on any atom is -0.377 e. The quantitative estimate of drug-likeness (QED) is 0.881. The fourth-order valence-electron chi connectivity index (χ4n) is 2.15. The van der Waals surface area contributed by atoms with E-state index in [0.29, 0.717) is 0 Å². The van der Waals surface area contributed by atoms with Crippen molar-refractivity contribution in [1.29, 1.82) is 0 Å². The highest BCUT2D eigenvalue weighted by Crippen LogP contribution is 2.21. The van der Waals surface area contributed by atoms with E-state index in [1.807, 2.05) is 24.3 Å². The lowest BCUT2D eigenvalue weighted by atomic mass is 9.97. The van der Waals surface area contributed by atoms with Gasteiger partial charge in [-0.05, 0) is 37.3 Å². The Bertz CT molecular complexity index is 336. The normalized spacial score (nSPS) is 23.0. The van der Waals surface area contributed by atoms with Crippen molar-refractivity contribution in [3.8, 4) is 0 Å². The molecule has 88 valence electrons. The maximum atomic E-state index is 6.17. The van der Waals surface area contributed by atoms with E-state index in [9.17, 15) is 0 Å². The van der Waals surface area contributed by atoms with Crippen LogP contribution in [0.1, 0.15) is 24.8 Å². The van der Waals surface area contributed by atoms with Gasteiger partial charge in [-0.1, -0.05) is 29.8 Å². The van der Waals surface area contributed by atoms with Crippen molar-refractivity contribution in [3.05, 3.63) is 34.9 Å². The highest BCUT2D eigenvalue weighted by molar-refractivity contribution is 6.31. The standard InChI is InChI=1S/C13H18ClNO/c14-11-6-2-1-5-10(11)9-12(15)13-7-3-4-8-16-13/h1-2,5-6,12-13H,3-4,7-9,15H2. The van der Waals surface area contributed by atoms with Crippen molar-refractivity contribution in [1.82, 2.24) is 0 Å². The molecule has 0 aromatic heterocycles. The van der Waals surface area contributed by atoms with Crippen molar-refractivity contribution >= 4 is 11.6 Å². The molecule has 2 atom stereocenters. The third kappa shape index (κ3) is 2.97. The first-order chi connectivity index (χ1) is 7.77. The molecule has 1 aromatic carbocycles.